The summed E-state index contributed by atoms with van der Waals surface area (Å²) in [5.74, 6) is -0.525. The Morgan fingerprint density at radius 2 is 2.16 bits per heavy atom. The molecule has 0 saturated carbocycles. The van der Waals surface area contributed by atoms with E-state index in [0.29, 0.717) is 23.4 Å². The molecule has 2 aromatic heterocycles. The lowest BCUT2D eigenvalue weighted by Gasteiger charge is -1.94. The van der Waals surface area contributed by atoms with Crippen LogP contribution in [0.5, 0.6) is 0 Å². The van der Waals surface area contributed by atoms with Crippen molar-refractivity contribution in [3.63, 3.8) is 0 Å². The standard InChI is InChI=1S/C14H10N2O3/c17-14(18)10-4-1-5-11-13(10)16-12(19-11)7-9-3-2-6-15-8-9/h1-6,8H,7H2,(H,17,18). The molecule has 3 rings (SSSR count). The SMILES string of the molecule is O=C(O)c1cccc2oc(Cc3cccnc3)nc12. The van der Waals surface area contributed by atoms with Crippen molar-refractivity contribution in [3.05, 3.63) is 59.7 Å². The van der Waals surface area contributed by atoms with Crippen molar-refractivity contribution in [1.82, 2.24) is 9.97 Å². The Morgan fingerprint density at radius 1 is 1.26 bits per heavy atom. The Hall–Kier alpha value is -2.69. The quantitative estimate of drug-likeness (QED) is 0.777. The molecular formula is C14H10N2O3. The van der Waals surface area contributed by atoms with Crippen LogP contribution in [-0.2, 0) is 6.42 Å². The van der Waals surface area contributed by atoms with Gasteiger partial charge in [-0.2, -0.15) is 0 Å². The monoisotopic (exact) mass is 254 g/mol. The van der Waals surface area contributed by atoms with E-state index in [1.54, 1.807) is 24.5 Å². The van der Waals surface area contributed by atoms with Crippen molar-refractivity contribution in [2.24, 2.45) is 0 Å². The molecule has 0 aliphatic rings. The molecule has 1 aromatic carbocycles. The van der Waals surface area contributed by atoms with Crippen LogP contribution >= 0.6 is 0 Å². The first-order chi connectivity index (χ1) is 9.24. The van der Waals surface area contributed by atoms with Crippen molar-refractivity contribution < 1.29 is 14.3 Å². The van der Waals surface area contributed by atoms with Crippen molar-refractivity contribution in [2.45, 2.75) is 6.42 Å². The number of hydrogen-bond acceptors (Lipinski definition) is 4. The molecule has 19 heavy (non-hydrogen) atoms. The first kappa shape index (κ1) is 11.4. The van der Waals surface area contributed by atoms with Gasteiger partial charge in [0.2, 0.25) is 0 Å². The zero-order valence-electron chi connectivity index (χ0n) is 9.91. The van der Waals surface area contributed by atoms with Crippen molar-refractivity contribution in [2.75, 3.05) is 0 Å². The number of oxazole rings is 1. The molecule has 0 atom stereocenters. The molecule has 0 saturated heterocycles. The third kappa shape index (κ3) is 2.18. The van der Waals surface area contributed by atoms with Crippen LogP contribution in [-0.4, -0.2) is 21.0 Å². The number of carbonyl (C=O) groups is 1. The Balaban J connectivity index is 2.03. The van der Waals surface area contributed by atoms with Crippen LogP contribution in [0, 0.1) is 0 Å². The Labute approximate surface area is 108 Å². The highest BCUT2D eigenvalue weighted by Crippen LogP contribution is 2.21. The molecule has 0 unspecified atom stereocenters. The molecule has 2 heterocycles. The average molecular weight is 254 g/mol. The molecule has 0 amide bonds. The molecule has 0 fully saturated rings. The molecule has 0 bridgehead atoms. The molecule has 3 aromatic rings. The second kappa shape index (κ2) is 4.53. The maximum atomic E-state index is 11.1. The molecule has 0 spiro atoms. The van der Waals surface area contributed by atoms with E-state index >= 15 is 0 Å². The average Bonchev–Trinajstić information content (AvgIpc) is 2.81. The molecule has 5 heteroatoms. The molecule has 0 radical (unpaired) electrons. The fourth-order valence-corrected chi connectivity index (χ4v) is 1.92. The Bertz CT molecular complexity index is 735. The van der Waals surface area contributed by atoms with Gasteiger partial charge in [0.05, 0.1) is 12.0 Å². The smallest absolute Gasteiger partial charge is 0.338 e. The van der Waals surface area contributed by atoms with Crippen LogP contribution in [0.25, 0.3) is 11.1 Å². The lowest BCUT2D eigenvalue weighted by molar-refractivity contribution is 0.0699. The Morgan fingerprint density at radius 3 is 2.89 bits per heavy atom. The minimum atomic E-state index is -1.01. The molecule has 1 N–H and O–H groups in total. The van der Waals surface area contributed by atoms with Crippen LogP contribution in [0.2, 0.25) is 0 Å². The van der Waals surface area contributed by atoms with Crippen LogP contribution in [0.1, 0.15) is 21.8 Å². The van der Waals surface area contributed by atoms with E-state index in [1.807, 2.05) is 12.1 Å². The summed E-state index contributed by atoms with van der Waals surface area (Å²) in [7, 11) is 0. The topological polar surface area (TPSA) is 76.2 Å². The minimum absolute atomic E-state index is 0.152. The van der Waals surface area contributed by atoms with Gasteiger partial charge in [-0.1, -0.05) is 12.1 Å². The van der Waals surface area contributed by atoms with Crippen LogP contribution in [0.4, 0.5) is 0 Å². The minimum Gasteiger partial charge on any atom is -0.478 e. The van der Waals surface area contributed by atoms with E-state index in [0.717, 1.165) is 5.56 Å². The summed E-state index contributed by atoms with van der Waals surface area (Å²) in [5.41, 5.74) is 1.98. The molecule has 94 valence electrons. The van der Waals surface area contributed by atoms with Gasteiger partial charge in [0, 0.05) is 12.4 Å². The van der Waals surface area contributed by atoms with E-state index in [-0.39, 0.29) is 5.56 Å². The largest absolute Gasteiger partial charge is 0.478 e. The molecular weight excluding hydrogens is 244 g/mol. The highest BCUT2D eigenvalue weighted by Gasteiger charge is 2.14. The van der Waals surface area contributed by atoms with E-state index in [1.165, 1.54) is 6.07 Å². The summed E-state index contributed by atoms with van der Waals surface area (Å²) in [6, 6.07) is 8.62. The second-order valence-corrected chi connectivity index (χ2v) is 4.10. The van der Waals surface area contributed by atoms with Crippen LogP contribution in [0.15, 0.2) is 47.1 Å². The fourth-order valence-electron chi connectivity index (χ4n) is 1.92. The zero-order valence-corrected chi connectivity index (χ0v) is 9.91. The highest BCUT2D eigenvalue weighted by atomic mass is 16.4. The third-order valence-electron chi connectivity index (χ3n) is 2.77. The maximum absolute atomic E-state index is 11.1. The maximum Gasteiger partial charge on any atom is 0.338 e. The van der Waals surface area contributed by atoms with Crippen molar-refractivity contribution in [3.8, 4) is 0 Å². The molecule has 0 aliphatic heterocycles. The predicted molar refractivity (Wildman–Crippen MR) is 68.0 cm³/mol. The number of carboxylic acid groups (broad SMARTS) is 1. The first-order valence-corrected chi connectivity index (χ1v) is 5.74. The van der Waals surface area contributed by atoms with Gasteiger partial charge in [-0.05, 0) is 23.8 Å². The summed E-state index contributed by atoms with van der Waals surface area (Å²) in [5, 5.41) is 9.09. The van der Waals surface area contributed by atoms with Gasteiger partial charge in [-0.3, -0.25) is 4.98 Å². The fraction of sp³-hybridized carbons (Fsp3) is 0.0714. The van der Waals surface area contributed by atoms with Gasteiger partial charge in [0.25, 0.3) is 0 Å². The number of fused-ring (bicyclic) bond motifs is 1. The lowest BCUT2D eigenvalue weighted by Crippen LogP contribution is -1.97. The van der Waals surface area contributed by atoms with Gasteiger partial charge in [0.15, 0.2) is 11.5 Å². The molecule has 5 nitrogen and oxygen atoms in total. The third-order valence-corrected chi connectivity index (χ3v) is 2.77. The number of aromatic carboxylic acids is 1. The van der Waals surface area contributed by atoms with E-state index in [4.69, 9.17) is 9.52 Å². The van der Waals surface area contributed by atoms with Crippen molar-refractivity contribution in [1.29, 1.82) is 0 Å². The summed E-state index contributed by atoms with van der Waals surface area (Å²) in [6.45, 7) is 0. The number of para-hydroxylation sites is 1. The number of rotatable bonds is 3. The lowest BCUT2D eigenvalue weighted by atomic mass is 10.2. The number of aromatic nitrogens is 2. The molecule has 0 aliphatic carbocycles. The number of nitrogens with zero attached hydrogens (tertiary/aromatic N) is 2. The van der Waals surface area contributed by atoms with Gasteiger partial charge in [-0.25, -0.2) is 9.78 Å². The summed E-state index contributed by atoms with van der Waals surface area (Å²) < 4.78 is 5.56. The van der Waals surface area contributed by atoms with Crippen LogP contribution in [0.3, 0.4) is 0 Å². The highest BCUT2D eigenvalue weighted by molar-refractivity contribution is 6.00. The number of benzene rings is 1. The summed E-state index contributed by atoms with van der Waals surface area (Å²) in [4.78, 5) is 19.4. The first-order valence-electron chi connectivity index (χ1n) is 5.74. The number of hydrogen-bond donors (Lipinski definition) is 1. The Kier molecular flexibility index (Phi) is 2.72. The van der Waals surface area contributed by atoms with Crippen molar-refractivity contribution >= 4 is 17.1 Å². The summed E-state index contributed by atoms with van der Waals surface area (Å²) >= 11 is 0. The summed E-state index contributed by atoms with van der Waals surface area (Å²) in [6.07, 6.45) is 3.91. The number of carboxylic acids is 1. The van der Waals surface area contributed by atoms with E-state index in [9.17, 15) is 4.79 Å². The van der Waals surface area contributed by atoms with Gasteiger partial charge >= 0.3 is 5.97 Å². The predicted octanol–water partition coefficient (Wildman–Crippen LogP) is 2.51. The normalized spacial score (nSPS) is 10.7. The van der Waals surface area contributed by atoms with Gasteiger partial charge < -0.3 is 9.52 Å². The number of pyridine rings is 1. The van der Waals surface area contributed by atoms with E-state index < -0.39 is 5.97 Å². The van der Waals surface area contributed by atoms with Crippen LogP contribution < -0.4 is 0 Å². The van der Waals surface area contributed by atoms with Gasteiger partial charge in [-0.15, -0.1) is 0 Å². The van der Waals surface area contributed by atoms with E-state index in [2.05, 4.69) is 9.97 Å². The zero-order chi connectivity index (χ0) is 13.2. The van der Waals surface area contributed by atoms with Gasteiger partial charge in [0.1, 0.15) is 5.52 Å². The second-order valence-electron chi connectivity index (χ2n) is 4.10.